The Bertz CT molecular complexity index is 1390. The average Bonchev–Trinajstić information content (AvgIpc) is 3.28. The van der Waals surface area contributed by atoms with Crippen LogP contribution < -0.4 is 90.6 Å². The maximum Gasteiger partial charge on any atom is 1.00 e. The molecule has 0 rings (SSSR count). The number of rotatable bonds is 38. The van der Waals surface area contributed by atoms with Crippen molar-refractivity contribution in [2.24, 2.45) is 11.5 Å². The van der Waals surface area contributed by atoms with Gasteiger partial charge in [0.2, 0.25) is 11.8 Å². The number of hydrogen-bond donors (Lipinski definition) is 7. The standard InChI is InChI=1S/2C12H25NO.2C11H21NO5.C3H9O5P.2Na/c2*1-2-3-4-5-6-7-8-9-10-11-12(13)14;2*1-5-8(13)12(3,4)11(6-2,10(16)17)7-9(14)15;4-2-1-3-8-9(5,6)7;;/h2*2-11H2,1H3,(H2,13,14);2*8,13H,5-7H2,1-4H3,(H-,14,15,16,17);4H,1-3H2,(H2,5,6,7);;/q;;;;;2*+1/p-2. The van der Waals surface area contributed by atoms with Crippen molar-refractivity contribution in [1.29, 1.82) is 0 Å². The van der Waals surface area contributed by atoms with Gasteiger partial charge in [0.05, 0.1) is 42.6 Å². The number of nitrogens with zero attached hydrogens (tertiary/aromatic N) is 2. The van der Waals surface area contributed by atoms with Gasteiger partial charge in [0.25, 0.3) is 0 Å². The SMILES string of the molecule is CCC(O)[N+](C)(C)C(CC)(CC(=O)O)C(=O)[O-].CCC(O)[N+](C)(C)C(CC)(CC(=O)O)C(=O)[O-].CCCCCCCCCCCC(N)=O.CCCCCCCCCCCC(N)=O.O=P([O-])([O-])OCCCO.[Na+].[Na+]. The normalized spacial score (nSPS) is 13.5. The Balaban J connectivity index is -0.000000150. The number of quaternary nitrogens is 2. The zero-order chi connectivity index (χ0) is 56.3. The largest absolute Gasteiger partial charge is 1.00 e. The number of unbranched alkanes of at least 4 members (excludes halogenated alkanes) is 16. The molecule has 0 aromatic carbocycles. The molecule has 0 aromatic rings. The molecule has 0 bridgehead atoms. The molecule has 0 radical (unpaired) electrons. The molecule has 24 heteroatoms. The fourth-order valence-electron chi connectivity index (χ4n) is 7.82. The monoisotopic (exact) mass is 1090 g/mol. The third-order valence-corrected chi connectivity index (χ3v) is 13.3. The zero-order valence-electron chi connectivity index (χ0n) is 47.3. The van der Waals surface area contributed by atoms with E-state index in [1.54, 1.807) is 27.7 Å². The van der Waals surface area contributed by atoms with E-state index in [-0.39, 0.29) is 112 Å². The van der Waals surface area contributed by atoms with Gasteiger partial charge >= 0.3 is 71.1 Å². The number of phosphoric ester groups is 1. The summed E-state index contributed by atoms with van der Waals surface area (Å²) < 4.78 is 12.8. The fraction of sp³-hybridized carbons (Fsp3) is 0.878. The minimum Gasteiger partial charge on any atom is -0.790 e. The van der Waals surface area contributed by atoms with Crippen molar-refractivity contribution in [2.45, 2.75) is 238 Å². The molecule has 0 aliphatic carbocycles. The quantitative estimate of drug-likeness (QED) is 0.0109. The predicted octanol–water partition coefficient (Wildman–Crippen LogP) is -2.66. The van der Waals surface area contributed by atoms with Crippen LogP contribution in [-0.4, -0.2) is 135 Å². The van der Waals surface area contributed by atoms with E-state index in [4.69, 9.17) is 26.8 Å². The van der Waals surface area contributed by atoms with Crippen molar-refractivity contribution in [3.63, 3.8) is 0 Å². The van der Waals surface area contributed by atoms with Crippen LogP contribution in [-0.2, 0) is 37.9 Å². The number of aliphatic carboxylic acids is 4. The molecule has 0 fully saturated rings. The van der Waals surface area contributed by atoms with E-state index in [2.05, 4.69) is 18.4 Å². The van der Waals surface area contributed by atoms with Gasteiger partial charge < -0.3 is 75.7 Å². The van der Waals surface area contributed by atoms with Crippen molar-refractivity contribution in [2.75, 3.05) is 41.4 Å². The second-order valence-electron chi connectivity index (χ2n) is 18.8. The summed E-state index contributed by atoms with van der Waals surface area (Å²) >= 11 is 0. The minimum absolute atomic E-state index is 0. The van der Waals surface area contributed by atoms with E-state index in [0.29, 0.717) is 25.7 Å². The number of carbonyl (C=O) groups is 6. The first-order valence-electron chi connectivity index (χ1n) is 25.6. The van der Waals surface area contributed by atoms with Crippen LogP contribution in [0, 0.1) is 0 Å². The number of phosphoric acid groups is 1. The van der Waals surface area contributed by atoms with Crippen LogP contribution in [0.5, 0.6) is 0 Å². The molecule has 9 N–H and O–H groups in total. The summed E-state index contributed by atoms with van der Waals surface area (Å²) in [6.45, 7) is 10.7. The van der Waals surface area contributed by atoms with Crippen LogP contribution in [0.4, 0.5) is 0 Å². The third kappa shape index (κ3) is 42.4. The molecule has 0 saturated heterocycles. The van der Waals surface area contributed by atoms with Gasteiger partial charge in [0, 0.05) is 45.1 Å². The summed E-state index contributed by atoms with van der Waals surface area (Å²) in [5, 5.41) is 68.3. The smallest absolute Gasteiger partial charge is 0.790 e. The Labute approximate surface area is 483 Å². The molecule has 0 aliphatic rings. The number of aliphatic hydroxyl groups excluding tert-OH is 3. The summed E-state index contributed by atoms with van der Waals surface area (Å²) in [5.41, 5.74) is 6.85. The van der Waals surface area contributed by atoms with E-state index in [1.165, 1.54) is 118 Å². The Kier molecular flexibility index (Phi) is 59.0. The number of aliphatic hydroxyl groups is 3. The molecular formula is C49H99N4Na2O17P. The van der Waals surface area contributed by atoms with Gasteiger partial charge in [0.1, 0.15) is 24.8 Å². The van der Waals surface area contributed by atoms with E-state index < -0.39 is 68.1 Å². The molecule has 0 saturated carbocycles. The van der Waals surface area contributed by atoms with Gasteiger partial charge in [-0.2, -0.15) is 0 Å². The van der Waals surface area contributed by atoms with Crippen LogP contribution in [0.15, 0.2) is 0 Å². The van der Waals surface area contributed by atoms with Crippen LogP contribution >= 0.6 is 7.82 Å². The molecule has 0 heterocycles. The summed E-state index contributed by atoms with van der Waals surface area (Å²) in [6.07, 6.45) is 22.1. The van der Waals surface area contributed by atoms with E-state index in [9.17, 15) is 63.5 Å². The van der Waals surface area contributed by atoms with E-state index >= 15 is 0 Å². The van der Waals surface area contributed by atoms with E-state index in [0.717, 1.165) is 25.7 Å². The molecule has 424 valence electrons. The number of carboxylic acids is 4. The zero-order valence-corrected chi connectivity index (χ0v) is 52.2. The number of carbonyl (C=O) groups excluding carboxylic acids is 4. The minimum atomic E-state index is -4.81. The molecular weight excluding hydrogens is 994 g/mol. The first-order chi connectivity index (χ1) is 32.9. The Morgan fingerprint density at radius 2 is 0.795 bits per heavy atom. The molecule has 0 aliphatic heterocycles. The Morgan fingerprint density at radius 3 is 0.973 bits per heavy atom. The molecule has 4 atom stereocenters. The van der Waals surface area contributed by atoms with Crippen molar-refractivity contribution >= 4 is 43.5 Å². The number of hydrogen-bond acceptors (Lipinski definition) is 15. The summed E-state index contributed by atoms with van der Waals surface area (Å²) in [4.78, 5) is 84.6. The number of carboxylic acid groups (broad SMARTS) is 4. The Hall–Kier alpha value is -1.27. The fourth-order valence-corrected chi connectivity index (χ4v) is 8.17. The van der Waals surface area contributed by atoms with Crippen LogP contribution in [0.1, 0.15) is 215 Å². The van der Waals surface area contributed by atoms with Gasteiger partial charge in [0.15, 0.2) is 23.5 Å². The number of primary amides is 2. The van der Waals surface area contributed by atoms with E-state index in [1.807, 2.05) is 0 Å². The van der Waals surface area contributed by atoms with Gasteiger partial charge in [-0.15, -0.1) is 0 Å². The average molecular weight is 1090 g/mol. The maximum absolute atomic E-state index is 11.4. The van der Waals surface area contributed by atoms with Gasteiger partial charge in [-0.3, -0.25) is 28.1 Å². The van der Waals surface area contributed by atoms with Crippen molar-refractivity contribution < 1.29 is 151 Å². The van der Waals surface area contributed by atoms with Gasteiger partial charge in [-0.1, -0.05) is 144 Å². The van der Waals surface area contributed by atoms with Crippen LogP contribution in [0.2, 0.25) is 0 Å². The molecule has 73 heavy (non-hydrogen) atoms. The van der Waals surface area contributed by atoms with Crippen LogP contribution in [0.25, 0.3) is 0 Å². The van der Waals surface area contributed by atoms with Crippen molar-refractivity contribution in [1.82, 2.24) is 0 Å². The third-order valence-electron chi connectivity index (χ3n) is 12.8. The van der Waals surface area contributed by atoms with Gasteiger partial charge in [-0.05, 0) is 19.3 Å². The second-order valence-corrected chi connectivity index (χ2v) is 19.9. The molecule has 2 amide bonds. The van der Waals surface area contributed by atoms with Gasteiger partial charge in [-0.25, -0.2) is 0 Å². The summed E-state index contributed by atoms with van der Waals surface area (Å²) in [5.74, 6) is -5.64. The topological polar surface area (TPSA) is 374 Å². The molecule has 0 spiro atoms. The summed E-state index contributed by atoms with van der Waals surface area (Å²) in [6, 6.07) is 0. The second kappa shape index (κ2) is 50.2. The van der Waals surface area contributed by atoms with Crippen LogP contribution in [0.3, 0.4) is 0 Å². The van der Waals surface area contributed by atoms with Crippen molar-refractivity contribution in [3.8, 4) is 0 Å². The number of likely N-dealkylation sites (N-methyl/N-ethyl adjacent to an activating group) is 2. The first kappa shape index (κ1) is 85.6. The molecule has 21 nitrogen and oxygen atoms in total. The maximum atomic E-state index is 11.4. The summed E-state index contributed by atoms with van der Waals surface area (Å²) in [7, 11) is 1.23. The number of amides is 2. The molecule has 4 unspecified atom stereocenters. The first-order valence-corrected chi connectivity index (χ1v) is 27.1. The number of nitrogens with two attached hydrogens (primary N) is 2. The molecule has 0 aromatic heterocycles. The predicted molar refractivity (Wildman–Crippen MR) is 265 cm³/mol. The Morgan fingerprint density at radius 1 is 0.534 bits per heavy atom. The van der Waals surface area contributed by atoms with Crippen molar-refractivity contribution in [3.05, 3.63) is 0 Å².